The van der Waals surface area contributed by atoms with Gasteiger partial charge < -0.3 is 18.8 Å². The Morgan fingerprint density at radius 2 is 1.52 bits per heavy atom. The van der Waals surface area contributed by atoms with Gasteiger partial charge in [-0.15, -0.1) is 0 Å². The van der Waals surface area contributed by atoms with Gasteiger partial charge in [-0.3, -0.25) is 0 Å². The molecule has 2 aromatic rings. The summed E-state index contributed by atoms with van der Waals surface area (Å²) in [4.78, 5) is -0.178. The minimum atomic E-state index is -4.27. The Bertz CT molecular complexity index is 998. The molecule has 0 spiro atoms. The number of rotatable bonds is 22. The van der Waals surface area contributed by atoms with Crippen LogP contribution in [0.4, 0.5) is 0 Å². The zero-order valence-electron chi connectivity index (χ0n) is 26.1. The third kappa shape index (κ3) is 18.3. The fourth-order valence-corrected chi connectivity index (χ4v) is 5.98. The highest BCUT2D eigenvalue weighted by molar-refractivity contribution is 7.85. The normalized spacial score (nSPS) is 16.8. The summed E-state index contributed by atoms with van der Waals surface area (Å²) in [5.41, 5.74) is 3.08. The standard InChI is InChI=1S/C26H48NO3S.C7H8O3S/c1-2-3-4-5-6-7-8-9-10-11-12-13-14-17-26-29-23-25(30-26)22-28-20-16-15-18-27-19-21-31-24-27;1-6-2-4-7(5-3-6)11(8,9)10/h19,21,24-26H,2-18,20,22-23H2,1H3;2-5H,1H3,(H,8,9,10)/q+1;/p-1/t25-,26-;/m0./s1. The number of benzene rings is 1. The second kappa shape index (κ2) is 23.1. The minimum absolute atomic E-state index is 0.00343. The Labute approximate surface area is 259 Å². The third-order valence-electron chi connectivity index (χ3n) is 7.45. The molecule has 1 aliphatic heterocycles. The topological polar surface area (TPSA) is 88.8 Å². The van der Waals surface area contributed by atoms with Crippen molar-refractivity contribution in [2.45, 2.75) is 140 Å². The summed E-state index contributed by atoms with van der Waals surface area (Å²) in [5.74, 6) is 0. The Hall–Kier alpha value is -1.36. The van der Waals surface area contributed by atoms with Gasteiger partial charge in [0.1, 0.15) is 22.8 Å². The first-order chi connectivity index (χ1) is 20.4. The molecule has 0 unspecified atom stereocenters. The van der Waals surface area contributed by atoms with Gasteiger partial charge in [-0.05, 0) is 38.3 Å². The van der Waals surface area contributed by atoms with Crippen LogP contribution in [0.15, 0.2) is 46.2 Å². The van der Waals surface area contributed by atoms with Gasteiger partial charge in [0.25, 0.3) is 0 Å². The highest BCUT2D eigenvalue weighted by Crippen LogP contribution is 2.19. The minimum Gasteiger partial charge on any atom is -0.744 e. The molecule has 1 fully saturated rings. The zero-order valence-corrected chi connectivity index (χ0v) is 27.7. The molecule has 1 saturated heterocycles. The Balaban J connectivity index is 0.000000468. The van der Waals surface area contributed by atoms with Crippen molar-refractivity contribution in [3.63, 3.8) is 0 Å². The van der Waals surface area contributed by atoms with E-state index in [4.69, 9.17) is 14.2 Å². The van der Waals surface area contributed by atoms with E-state index in [1.165, 1.54) is 95.6 Å². The number of nitrogens with zero attached hydrogens (tertiary/aromatic N) is 1. The van der Waals surface area contributed by atoms with Gasteiger partial charge in [0.15, 0.2) is 12.5 Å². The number of hydrogen-bond acceptors (Lipinski definition) is 7. The molecule has 0 saturated carbocycles. The fourth-order valence-electron chi connectivity index (χ4n) is 4.88. The van der Waals surface area contributed by atoms with Crippen LogP contribution in [0.1, 0.15) is 115 Å². The molecule has 0 bridgehead atoms. The lowest BCUT2D eigenvalue weighted by atomic mass is 10.0. The summed E-state index contributed by atoms with van der Waals surface area (Å²) >= 11 is 1.74. The monoisotopic (exact) mass is 625 g/mol. The van der Waals surface area contributed by atoms with E-state index in [9.17, 15) is 13.0 Å². The lowest BCUT2D eigenvalue weighted by Crippen LogP contribution is -2.30. The molecule has 2 atom stereocenters. The van der Waals surface area contributed by atoms with E-state index in [0.29, 0.717) is 13.2 Å². The number of ether oxygens (including phenoxy) is 3. The van der Waals surface area contributed by atoms with E-state index in [1.807, 2.05) is 6.92 Å². The van der Waals surface area contributed by atoms with Crippen molar-refractivity contribution in [3.05, 3.63) is 46.9 Å². The molecule has 1 aliphatic rings. The lowest BCUT2D eigenvalue weighted by molar-refractivity contribution is -0.692. The van der Waals surface area contributed by atoms with E-state index >= 15 is 0 Å². The molecule has 2 heterocycles. The summed E-state index contributed by atoms with van der Waals surface area (Å²) in [7, 11) is -4.27. The molecule has 240 valence electrons. The van der Waals surface area contributed by atoms with Crippen LogP contribution >= 0.6 is 11.3 Å². The predicted octanol–water partition coefficient (Wildman–Crippen LogP) is 7.95. The van der Waals surface area contributed by atoms with Crippen molar-refractivity contribution in [3.8, 4) is 0 Å². The van der Waals surface area contributed by atoms with Crippen LogP contribution in [0.2, 0.25) is 0 Å². The number of aryl methyl sites for hydroxylation is 2. The molecule has 0 N–H and O–H groups in total. The zero-order chi connectivity index (χ0) is 30.3. The second-order valence-electron chi connectivity index (χ2n) is 11.4. The molecule has 7 nitrogen and oxygen atoms in total. The van der Waals surface area contributed by atoms with Crippen molar-refractivity contribution in [1.29, 1.82) is 0 Å². The molecule has 1 aromatic carbocycles. The quantitative estimate of drug-likeness (QED) is 0.0749. The van der Waals surface area contributed by atoms with E-state index in [2.05, 4.69) is 28.6 Å². The largest absolute Gasteiger partial charge is 0.744 e. The van der Waals surface area contributed by atoms with Crippen LogP contribution in [0.3, 0.4) is 0 Å². The highest BCUT2D eigenvalue weighted by atomic mass is 32.2. The summed E-state index contributed by atoms with van der Waals surface area (Å²) in [6.45, 7) is 7.36. The van der Waals surface area contributed by atoms with Gasteiger partial charge in [0.05, 0.1) is 23.5 Å². The van der Waals surface area contributed by atoms with E-state index in [-0.39, 0.29) is 17.3 Å². The summed E-state index contributed by atoms with van der Waals surface area (Å²) in [6.07, 6.45) is 23.6. The number of thiazole rings is 1. The van der Waals surface area contributed by atoms with Crippen molar-refractivity contribution in [2.75, 3.05) is 19.8 Å². The number of unbranched alkanes of at least 4 members (excludes halogenated alkanes) is 13. The van der Waals surface area contributed by atoms with Gasteiger partial charge in [-0.2, -0.15) is 4.57 Å². The van der Waals surface area contributed by atoms with E-state index in [0.717, 1.165) is 38.0 Å². The van der Waals surface area contributed by atoms with Gasteiger partial charge in [-0.25, -0.2) is 8.42 Å². The summed E-state index contributed by atoms with van der Waals surface area (Å²) < 4.78 is 51.0. The van der Waals surface area contributed by atoms with Crippen LogP contribution in [-0.4, -0.2) is 45.2 Å². The number of hydrogen-bond donors (Lipinski definition) is 0. The Kier molecular flexibility index (Phi) is 20.2. The maximum atomic E-state index is 10.4. The fraction of sp³-hybridized carbons (Fsp3) is 0.727. The first-order valence-electron chi connectivity index (χ1n) is 16.2. The van der Waals surface area contributed by atoms with Crippen molar-refractivity contribution in [1.82, 2.24) is 0 Å². The third-order valence-corrected chi connectivity index (χ3v) is 8.97. The molecular formula is C33H55NO6S2. The predicted molar refractivity (Wildman–Crippen MR) is 169 cm³/mol. The summed E-state index contributed by atoms with van der Waals surface area (Å²) in [6, 6.07) is 5.78. The van der Waals surface area contributed by atoms with Gasteiger partial charge in [-0.1, -0.05) is 113 Å². The average molecular weight is 626 g/mol. The first kappa shape index (κ1) is 36.8. The van der Waals surface area contributed by atoms with Crippen molar-refractivity contribution in [2.24, 2.45) is 0 Å². The molecule has 9 heteroatoms. The molecule has 0 radical (unpaired) electrons. The Morgan fingerprint density at radius 3 is 2.10 bits per heavy atom. The van der Waals surface area contributed by atoms with Crippen molar-refractivity contribution < 1.29 is 31.7 Å². The van der Waals surface area contributed by atoms with Gasteiger partial charge in [0.2, 0.25) is 5.51 Å². The average Bonchev–Trinajstić information content (AvgIpc) is 3.66. The van der Waals surface area contributed by atoms with E-state index in [1.54, 1.807) is 23.5 Å². The molecule has 42 heavy (non-hydrogen) atoms. The maximum absolute atomic E-state index is 10.4. The molecule has 0 amide bonds. The highest BCUT2D eigenvalue weighted by Gasteiger charge is 2.25. The van der Waals surface area contributed by atoms with Crippen molar-refractivity contribution >= 4 is 21.5 Å². The van der Waals surface area contributed by atoms with Crippen LogP contribution in [0.25, 0.3) is 0 Å². The van der Waals surface area contributed by atoms with Crippen LogP contribution in [-0.2, 0) is 30.9 Å². The van der Waals surface area contributed by atoms with Crippen LogP contribution in [0, 0.1) is 6.92 Å². The van der Waals surface area contributed by atoms with Gasteiger partial charge in [0, 0.05) is 13.0 Å². The molecule has 3 rings (SSSR count). The molecular weight excluding hydrogens is 570 g/mol. The Morgan fingerprint density at radius 1 is 0.905 bits per heavy atom. The SMILES string of the molecule is CCCCCCCCCCCCCCC[C@H]1OC[C@H](COCCCC[n+]2ccsc2)O1.Cc1ccc(S(=O)(=O)[O-])cc1. The number of aromatic nitrogens is 1. The summed E-state index contributed by atoms with van der Waals surface area (Å²) in [5, 5.41) is 2.11. The second-order valence-corrected chi connectivity index (χ2v) is 13.5. The first-order valence-corrected chi connectivity index (χ1v) is 18.5. The smallest absolute Gasteiger partial charge is 0.224 e. The van der Waals surface area contributed by atoms with E-state index < -0.39 is 10.1 Å². The lowest BCUT2D eigenvalue weighted by Gasteiger charge is -2.11. The molecule has 1 aromatic heterocycles. The van der Waals surface area contributed by atoms with Crippen LogP contribution in [0.5, 0.6) is 0 Å². The molecule has 0 aliphatic carbocycles. The maximum Gasteiger partial charge on any atom is 0.224 e. The van der Waals surface area contributed by atoms with Gasteiger partial charge >= 0.3 is 0 Å². The van der Waals surface area contributed by atoms with Crippen LogP contribution < -0.4 is 4.57 Å².